The van der Waals surface area contributed by atoms with Crippen molar-refractivity contribution in [2.75, 3.05) is 0 Å². The van der Waals surface area contributed by atoms with Crippen molar-refractivity contribution in [3.63, 3.8) is 0 Å². The highest BCUT2D eigenvalue weighted by Gasteiger charge is 2.54. The maximum Gasteiger partial charge on any atom is 0.314 e. The van der Waals surface area contributed by atoms with Crippen LogP contribution in [-0.2, 0) is 10.2 Å². The average Bonchev–Trinajstić information content (AvgIpc) is 2.96. The number of carboxylic acid groups (broad SMARTS) is 1. The Labute approximate surface area is 102 Å². The number of hydrogen-bond acceptors (Lipinski definition) is 2. The van der Waals surface area contributed by atoms with Gasteiger partial charge in [-0.1, -0.05) is 15.9 Å². The van der Waals surface area contributed by atoms with Crippen LogP contribution in [0.5, 0.6) is 5.75 Å². The van der Waals surface area contributed by atoms with Gasteiger partial charge >= 0.3 is 5.97 Å². The molecular weight excluding hydrogens is 272 g/mol. The second-order valence-corrected chi connectivity index (χ2v) is 5.27. The van der Waals surface area contributed by atoms with Gasteiger partial charge in [-0.25, -0.2) is 0 Å². The first-order valence-electron chi connectivity index (χ1n) is 5.12. The molecule has 1 aromatic carbocycles. The molecule has 1 aliphatic rings. The smallest absolute Gasteiger partial charge is 0.314 e. The van der Waals surface area contributed by atoms with E-state index in [0.29, 0.717) is 24.0 Å². The van der Waals surface area contributed by atoms with Crippen LogP contribution in [0.3, 0.4) is 0 Å². The number of carbonyl (C=O) groups is 1. The van der Waals surface area contributed by atoms with Crippen LogP contribution in [0.25, 0.3) is 0 Å². The summed E-state index contributed by atoms with van der Waals surface area (Å²) in [6.07, 6.45) is 1.22. The fourth-order valence-electron chi connectivity index (χ4n) is 2.16. The summed E-state index contributed by atoms with van der Waals surface area (Å²) in [5.41, 5.74) is 1.27. The molecule has 0 unspecified atom stereocenters. The summed E-state index contributed by atoms with van der Waals surface area (Å²) in [6, 6.07) is 1.87. The average molecular weight is 285 g/mol. The molecule has 4 heteroatoms. The first-order chi connectivity index (χ1) is 7.40. The molecule has 1 saturated carbocycles. The molecule has 0 aromatic heterocycles. The Kier molecular flexibility index (Phi) is 2.49. The summed E-state index contributed by atoms with van der Waals surface area (Å²) in [5.74, 6) is -0.723. The number of aromatic hydroxyl groups is 1. The van der Waals surface area contributed by atoms with Crippen molar-refractivity contribution in [3.8, 4) is 5.75 Å². The molecule has 0 heterocycles. The quantitative estimate of drug-likeness (QED) is 0.878. The second-order valence-electron chi connectivity index (χ2n) is 4.41. The summed E-state index contributed by atoms with van der Waals surface area (Å²) in [5, 5.41) is 19.3. The molecule has 0 spiro atoms. The molecule has 0 saturated heterocycles. The van der Waals surface area contributed by atoms with Crippen molar-refractivity contribution in [2.24, 2.45) is 0 Å². The molecular formula is C12H13BrO3. The molecule has 1 aliphatic carbocycles. The van der Waals surface area contributed by atoms with Crippen LogP contribution in [0.4, 0.5) is 0 Å². The molecule has 2 N–H and O–H groups in total. The van der Waals surface area contributed by atoms with Crippen LogP contribution in [0.2, 0.25) is 0 Å². The minimum atomic E-state index is -0.848. The molecule has 0 amide bonds. The van der Waals surface area contributed by atoms with Crippen LogP contribution in [-0.4, -0.2) is 16.2 Å². The fourth-order valence-corrected chi connectivity index (χ4v) is 2.69. The number of halogens is 1. The molecule has 2 rings (SSSR count). The lowest BCUT2D eigenvalue weighted by Crippen LogP contribution is -2.21. The molecule has 1 fully saturated rings. The lowest BCUT2D eigenvalue weighted by Gasteiger charge is -2.18. The standard InChI is InChI=1S/C12H13BrO3/c1-6-5-8(13)7(2)10(14)9(6)12(3-4-12)11(15)16/h5,14H,3-4H2,1-2H3,(H,15,16). The maximum absolute atomic E-state index is 11.3. The van der Waals surface area contributed by atoms with Crippen molar-refractivity contribution < 1.29 is 15.0 Å². The first-order valence-corrected chi connectivity index (χ1v) is 5.92. The fraction of sp³-hybridized carbons (Fsp3) is 0.417. The third-order valence-corrected chi connectivity index (χ3v) is 4.15. The van der Waals surface area contributed by atoms with Crippen LogP contribution in [0, 0.1) is 13.8 Å². The van der Waals surface area contributed by atoms with E-state index in [-0.39, 0.29) is 5.75 Å². The predicted octanol–water partition coefficient (Wildman–Crippen LogP) is 2.89. The molecule has 16 heavy (non-hydrogen) atoms. The van der Waals surface area contributed by atoms with E-state index in [4.69, 9.17) is 0 Å². The van der Waals surface area contributed by atoms with Gasteiger partial charge in [0.15, 0.2) is 0 Å². The zero-order chi connectivity index (χ0) is 12.1. The Balaban J connectivity index is 2.67. The molecule has 0 bridgehead atoms. The van der Waals surface area contributed by atoms with Gasteiger partial charge in [0.1, 0.15) is 5.75 Å². The van der Waals surface area contributed by atoms with Crippen LogP contribution in [0.1, 0.15) is 29.5 Å². The summed E-state index contributed by atoms with van der Waals surface area (Å²) in [7, 11) is 0. The summed E-state index contributed by atoms with van der Waals surface area (Å²) >= 11 is 3.35. The van der Waals surface area contributed by atoms with E-state index in [1.807, 2.05) is 13.0 Å². The van der Waals surface area contributed by atoms with Crippen LogP contribution in [0.15, 0.2) is 10.5 Å². The number of benzene rings is 1. The summed E-state index contributed by atoms with van der Waals surface area (Å²) < 4.78 is 0.812. The van der Waals surface area contributed by atoms with E-state index in [2.05, 4.69) is 15.9 Å². The number of aliphatic carboxylic acids is 1. The number of aryl methyl sites for hydroxylation is 1. The zero-order valence-corrected chi connectivity index (χ0v) is 10.8. The lowest BCUT2D eigenvalue weighted by molar-refractivity contribution is -0.140. The number of carboxylic acids is 1. The van der Waals surface area contributed by atoms with E-state index in [1.165, 1.54) is 0 Å². The minimum Gasteiger partial charge on any atom is -0.507 e. The maximum atomic E-state index is 11.3. The van der Waals surface area contributed by atoms with Gasteiger partial charge in [0, 0.05) is 15.6 Å². The summed E-state index contributed by atoms with van der Waals surface area (Å²) in [6.45, 7) is 3.61. The Bertz CT molecular complexity index is 476. The summed E-state index contributed by atoms with van der Waals surface area (Å²) in [4.78, 5) is 11.3. The van der Waals surface area contributed by atoms with Crippen LogP contribution < -0.4 is 0 Å². The van der Waals surface area contributed by atoms with Gasteiger partial charge in [0.25, 0.3) is 0 Å². The van der Waals surface area contributed by atoms with Crippen LogP contribution >= 0.6 is 15.9 Å². The van der Waals surface area contributed by atoms with Gasteiger partial charge in [-0.15, -0.1) is 0 Å². The Morgan fingerprint density at radius 2 is 2.00 bits per heavy atom. The Morgan fingerprint density at radius 1 is 1.44 bits per heavy atom. The van der Waals surface area contributed by atoms with Gasteiger partial charge in [-0.3, -0.25) is 4.79 Å². The SMILES string of the molecule is Cc1cc(Br)c(C)c(O)c1C1(C(=O)O)CC1. The third-order valence-electron chi connectivity index (χ3n) is 3.33. The highest BCUT2D eigenvalue weighted by molar-refractivity contribution is 9.10. The van der Waals surface area contributed by atoms with E-state index in [0.717, 1.165) is 10.0 Å². The van der Waals surface area contributed by atoms with Crippen molar-refractivity contribution in [1.29, 1.82) is 0 Å². The largest absolute Gasteiger partial charge is 0.507 e. The predicted molar refractivity (Wildman–Crippen MR) is 63.8 cm³/mol. The highest BCUT2D eigenvalue weighted by atomic mass is 79.9. The van der Waals surface area contributed by atoms with E-state index in [1.54, 1.807) is 6.92 Å². The van der Waals surface area contributed by atoms with Crippen molar-refractivity contribution in [2.45, 2.75) is 32.1 Å². The normalized spacial score (nSPS) is 17.2. The third kappa shape index (κ3) is 1.44. The van der Waals surface area contributed by atoms with Gasteiger partial charge < -0.3 is 10.2 Å². The Hall–Kier alpha value is -1.03. The van der Waals surface area contributed by atoms with Gasteiger partial charge in [0.2, 0.25) is 0 Å². The lowest BCUT2D eigenvalue weighted by atomic mass is 9.89. The Morgan fingerprint density at radius 3 is 2.44 bits per heavy atom. The number of phenolic OH excluding ortho intramolecular Hbond substituents is 1. The van der Waals surface area contributed by atoms with Gasteiger partial charge in [-0.05, 0) is 38.3 Å². The molecule has 3 nitrogen and oxygen atoms in total. The van der Waals surface area contributed by atoms with Crippen molar-refractivity contribution in [1.82, 2.24) is 0 Å². The zero-order valence-electron chi connectivity index (χ0n) is 9.17. The molecule has 0 atom stereocenters. The second kappa shape index (κ2) is 3.48. The molecule has 0 aliphatic heterocycles. The van der Waals surface area contributed by atoms with Gasteiger partial charge in [-0.2, -0.15) is 0 Å². The molecule has 86 valence electrons. The number of hydrogen-bond donors (Lipinski definition) is 2. The first kappa shape index (κ1) is 11.5. The molecule has 0 radical (unpaired) electrons. The number of phenols is 1. The van der Waals surface area contributed by atoms with Gasteiger partial charge in [0.05, 0.1) is 5.41 Å². The number of rotatable bonds is 2. The topological polar surface area (TPSA) is 57.5 Å². The van der Waals surface area contributed by atoms with E-state index >= 15 is 0 Å². The monoisotopic (exact) mass is 284 g/mol. The van der Waals surface area contributed by atoms with E-state index in [9.17, 15) is 15.0 Å². The highest BCUT2D eigenvalue weighted by Crippen LogP contribution is 2.53. The van der Waals surface area contributed by atoms with Crippen molar-refractivity contribution >= 4 is 21.9 Å². The van der Waals surface area contributed by atoms with E-state index < -0.39 is 11.4 Å². The minimum absolute atomic E-state index is 0.117. The van der Waals surface area contributed by atoms with Crippen molar-refractivity contribution in [3.05, 3.63) is 27.2 Å². The molecule has 1 aromatic rings.